The summed E-state index contributed by atoms with van der Waals surface area (Å²) in [6, 6.07) is 6.63. The SMILES string of the molecule is CCNC(=NCc1ccc(C)c(OC)c1)NC1CC2CCC1O2. The van der Waals surface area contributed by atoms with Crippen molar-refractivity contribution in [2.45, 2.75) is 57.9 Å². The van der Waals surface area contributed by atoms with Crippen molar-refractivity contribution in [1.29, 1.82) is 0 Å². The quantitative estimate of drug-likeness (QED) is 0.647. The van der Waals surface area contributed by atoms with Crippen LogP contribution in [-0.4, -0.2) is 37.9 Å². The predicted molar refractivity (Wildman–Crippen MR) is 92.0 cm³/mol. The summed E-state index contributed by atoms with van der Waals surface area (Å²) < 4.78 is 11.3. The van der Waals surface area contributed by atoms with Gasteiger partial charge in [-0.1, -0.05) is 12.1 Å². The number of hydrogen-bond acceptors (Lipinski definition) is 3. The topological polar surface area (TPSA) is 54.9 Å². The molecule has 3 atom stereocenters. The van der Waals surface area contributed by atoms with E-state index in [1.807, 2.05) is 6.92 Å². The molecule has 0 aromatic heterocycles. The summed E-state index contributed by atoms with van der Waals surface area (Å²) in [5.74, 6) is 1.78. The number of rotatable bonds is 5. The molecule has 2 aliphatic rings. The Balaban J connectivity index is 1.64. The van der Waals surface area contributed by atoms with Gasteiger partial charge in [0.1, 0.15) is 5.75 Å². The standard InChI is InChI=1S/C18H27N3O2/c1-4-19-18(21-15-10-14-7-8-16(15)23-14)20-11-13-6-5-12(2)17(9-13)22-3/h5-6,9,14-16H,4,7-8,10-11H2,1-3H3,(H2,19,20,21). The molecule has 5 heteroatoms. The molecule has 1 aromatic rings. The summed E-state index contributed by atoms with van der Waals surface area (Å²) in [7, 11) is 1.70. The highest BCUT2D eigenvalue weighted by Crippen LogP contribution is 2.34. The number of methoxy groups -OCH3 is 1. The lowest BCUT2D eigenvalue weighted by atomic mass is 9.96. The Morgan fingerprint density at radius 2 is 2.26 bits per heavy atom. The fourth-order valence-corrected chi connectivity index (χ4v) is 3.42. The zero-order valence-corrected chi connectivity index (χ0v) is 14.3. The lowest BCUT2D eigenvalue weighted by Gasteiger charge is -2.22. The van der Waals surface area contributed by atoms with Crippen LogP contribution in [0.1, 0.15) is 37.3 Å². The van der Waals surface area contributed by atoms with Gasteiger partial charge in [0.15, 0.2) is 5.96 Å². The maximum absolute atomic E-state index is 5.91. The van der Waals surface area contributed by atoms with Gasteiger partial charge in [-0.3, -0.25) is 0 Å². The second kappa shape index (κ2) is 7.21. The normalized spacial score (nSPS) is 26.4. The first kappa shape index (κ1) is 16.1. The zero-order valence-electron chi connectivity index (χ0n) is 14.3. The highest BCUT2D eigenvalue weighted by Gasteiger charge is 2.41. The van der Waals surface area contributed by atoms with E-state index < -0.39 is 0 Å². The monoisotopic (exact) mass is 317 g/mol. The van der Waals surface area contributed by atoms with Crippen LogP contribution >= 0.6 is 0 Å². The molecule has 0 aliphatic carbocycles. The number of nitrogens with one attached hydrogen (secondary N) is 2. The Bertz CT molecular complexity index is 573. The van der Waals surface area contributed by atoms with Crippen LogP contribution in [0.25, 0.3) is 0 Å². The van der Waals surface area contributed by atoms with Gasteiger partial charge in [-0.05, 0) is 50.3 Å². The Hall–Kier alpha value is -1.75. The van der Waals surface area contributed by atoms with Crippen LogP contribution < -0.4 is 15.4 Å². The van der Waals surface area contributed by atoms with E-state index in [1.165, 1.54) is 6.42 Å². The average molecular weight is 317 g/mol. The molecule has 2 bridgehead atoms. The third kappa shape index (κ3) is 3.78. The van der Waals surface area contributed by atoms with E-state index in [9.17, 15) is 0 Å². The minimum Gasteiger partial charge on any atom is -0.496 e. The molecular weight excluding hydrogens is 290 g/mol. The molecule has 0 amide bonds. The van der Waals surface area contributed by atoms with Crippen LogP contribution in [0.4, 0.5) is 0 Å². The van der Waals surface area contributed by atoms with Crippen LogP contribution in [0, 0.1) is 6.92 Å². The van der Waals surface area contributed by atoms with Crippen molar-refractivity contribution in [2.75, 3.05) is 13.7 Å². The van der Waals surface area contributed by atoms with Crippen LogP contribution in [-0.2, 0) is 11.3 Å². The molecule has 0 spiro atoms. The summed E-state index contributed by atoms with van der Waals surface area (Å²) >= 11 is 0. The minimum atomic E-state index is 0.350. The number of aliphatic imine (C=N–C) groups is 1. The second-order valence-electron chi connectivity index (χ2n) is 6.36. The van der Waals surface area contributed by atoms with Crippen molar-refractivity contribution in [3.63, 3.8) is 0 Å². The molecule has 3 unspecified atom stereocenters. The van der Waals surface area contributed by atoms with Crippen molar-refractivity contribution in [1.82, 2.24) is 10.6 Å². The Morgan fingerprint density at radius 1 is 1.39 bits per heavy atom. The molecule has 23 heavy (non-hydrogen) atoms. The van der Waals surface area contributed by atoms with Gasteiger partial charge in [0.25, 0.3) is 0 Å². The fourth-order valence-electron chi connectivity index (χ4n) is 3.42. The average Bonchev–Trinajstić information content (AvgIpc) is 3.17. The van der Waals surface area contributed by atoms with E-state index in [1.54, 1.807) is 7.11 Å². The molecule has 126 valence electrons. The molecule has 1 aromatic carbocycles. The van der Waals surface area contributed by atoms with E-state index in [4.69, 9.17) is 14.5 Å². The Kier molecular flexibility index (Phi) is 5.06. The summed E-state index contributed by atoms with van der Waals surface area (Å²) in [4.78, 5) is 4.72. The van der Waals surface area contributed by atoms with Crippen molar-refractivity contribution in [3.05, 3.63) is 29.3 Å². The van der Waals surface area contributed by atoms with Gasteiger partial charge in [-0.25, -0.2) is 4.99 Å². The maximum Gasteiger partial charge on any atom is 0.191 e. The summed E-state index contributed by atoms with van der Waals surface area (Å²) in [5, 5.41) is 6.87. The zero-order chi connectivity index (χ0) is 16.2. The first-order chi connectivity index (χ1) is 11.2. The molecule has 3 rings (SSSR count). The lowest BCUT2D eigenvalue weighted by Crippen LogP contribution is -2.47. The Labute approximate surface area is 138 Å². The molecule has 0 radical (unpaired) electrons. The molecule has 2 aliphatic heterocycles. The molecule has 2 fully saturated rings. The number of benzene rings is 1. The highest BCUT2D eigenvalue weighted by atomic mass is 16.5. The largest absolute Gasteiger partial charge is 0.496 e. The molecule has 2 saturated heterocycles. The third-order valence-corrected chi connectivity index (χ3v) is 4.66. The number of nitrogens with zero attached hydrogens (tertiary/aromatic N) is 1. The fraction of sp³-hybridized carbons (Fsp3) is 0.611. The predicted octanol–water partition coefficient (Wildman–Crippen LogP) is 2.38. The summed E-state index contributed by atoms with van der Waals surface area (Å²) in [5.41, 5.74) is 2.29. The van der Waals surface area contributed by atoms with Crippen LogP contribution in [0.3, 0.4) is 0 Å². The smallest absolute Gasteiger partial charge is 0.191 e. The maximum atomic E-state index is 5.91. The van der Waals surface area contributed by atoms with Crippen LogP contribution in [0.2, 0.25) is 0 Å². The molecule has 5 nitrogen and oxygen atoms in total. The van der Waals surface area contributed by atoms with Crippen LogP contribution in [0.15, 0.2) is 23.2 Å². The molecule has 2 N–H and O–H groups in total. The van der Waals surface area contributed by atoms with Gasteiger partial charge in [0.2, 0.25) is 0 Å². The lowest BCUT2D eigenvalue weighted by molar-refractivity contribution is 0.0992. The number of aryl methyl sites for hydroxylation is 1. The van der Waals surface area contributed by atoms with Gasteiger partial charge in [0, 0.05) is 6.54 Å². The van der Waals surface area contributed by atoms with E-state index in [2.05, 4.69) is 35.8 Å². The van der Waals surface area contributed by atoms with Gasteiger partial charge in [-0.2, -0.15) is 0 Å². The minimum absolute atomic E-state index is 0.350. The summed E-state index contributed by atoms with van der Waals surface area (Å²) in [6.45, 7) is 5.62. The molecule has 0 saturated carbocycles. The van der Waals surface area contributed by atoms with Gasteiger partial charge in [-0.15, -0.1) is 0 Å². The number of fused-ring (bicyclic) bond motifs is 2. The number of hydrogen-bond donors (Lipinski definition) is 2. The first-order valence-electron chi connectivity index (χ1n) is 8.53. The van der Waals surface area contributed by atoms with Gasteiger partial charge >= 0.3 is 0 Å². The van der Waals surface area contributed by atoms with Crippen molar-refractivity contribution < 1.29 is 9.47 Å². The van der Waals surface area contributed by atoms with Gasteiger partial charge < -0.3 is 20.1 Å². The van der Waals surface area contributed by atoms with Gasteiger partial charge in [0.05, 0.1) is 31.9 Å². The summed E-state index contributed by atoms with van der Waals surface area (Å²) in [6.07, 6.45) is 4.26. The number of guanidine groups is 1. The Morgan fingerprint density at radius 3 is 2.91 bits per heavy atom. The van der Waals surface area contributed by atoms with E-state index in [-0.39, 0.29) is 0 Å². The van der Waals surface area contributed by atoms with Crippen molar-refractivity contribution >= 4 is 5.96 Å². The van der Waals surface area contributed by atoms with E-state index in [0.717, 1.165) is 42.2 Å². The second-order valence-corrected chi connectivity index (χ2v) is 6.36. The molecule has 2 heterocycles. The third-order valence-electron chi connectivity index (χ3n) is 4.66. The van der Waals surface area contributed by atoms with Crippen molar-refractivity contribution in [2.24, 2.45) is 4.99 Å². The first-order valence-corrected chi connectivity index (χ1v) is 8.53. The van der Waals surface area contributed by atoms with Crippen LogP contribution in [0.5, 0.6) is 5.75 Å². The van der Waals surface area contributed by atoms with Crippen molar-refractivity contribution in [3.8, 4) is 5.75 Å². The highest BCUT2D eigenvalue weighted by molar-refractivity contribution is 5.80. The number of ether oxygens (including phenoxy) is 2. The van der Waals surface area contributed by atoms with E-state index >= 15 is 0 Å². The van der Waals surface area contributed by atoms with E-state index in [0.29, 0.717) is 24.8 Å². The molecular formula is C18H27N3O2.